The maximum atomic E-state index is 15.0. The molecule has 0 saturated heterocycles. The van der Waals surface area contributed by atoms with Crippen LogP contribution in [0, 0.1) is 50.6 Å². The number of nitro groups is 5. The number of carbonyl (C=O) groups excluding carboxylic acids is 6. The second-order valence-electron chi connectivity index (χ2n) is 15.8. The largest absolute Gasteiger partial charge is 0.480 e. The van der Waals surface area contributed by atoms with Crippen molar-refractivity contribution in [2.24, 2.45) is 0 Å². The minimum atomic E-state index is -2.16. The average Bonchev–Trinajstić information content (AvgIpc) is 3.47. The van der Waals surface area contributed by atoms with Gasteiger partial charge in [0.05, 0.1) is 52.4 Å². The number of rotatable bonds is 16. The Morgan fingerprint density at radius 2 is 0.727 bits per heavy atom. The van der Waals surface area contributed by atoms with Crippen LogP contribution in [0.2, 0.25) is 0 Å². The summed E-state index contributed by atoms with van der Waals surface area (Å²) in [6, 6.07) is 25.3. The summed E-state index contributed by atoms with van der Waals surface area (Å²) in [5.41, 5.74) is -4.23. The van der Waals surface area contributed by atoms with Crippen molar-refractivity contribution in [3.8, 4) is 28.7 Å². The minimum absolute atomic E-state index is 0.224. The average molecular weight is 1050 g/mol. The highest BCUT2D eigenvalue weighted by atomic mass is 16.6. The molecule has 27 nitrogen and oxygen atoms in total. The lowest BCUT2D eigenvalue weighted by atomic mass is 9.92. The second kappa shape index (κ2) is 21.6. The van der Waals surface area contributed by atoms with Crippen LogP contribution < -0.4 is 23.7 Å². The Labute approximate surface area is 427 Å². The normalized spacial score (nSPS) is 13.3. The van der Waals surface area contributed by atoms with Gasteiger partial charge in [-0.3, -0.25) is 55.4 Å². The molecular formula is C50H27N5O22. The quantitative estimate of drug-likeness (QED) is 0.0378. The molecule has 384 valence electrons. The molecule has 0 saturated carbocycles. The number of carbonyl (C=O) groups is 6. The summed E-state index contributed by atoms with van der Waals surface area (Å²) in [5.74, 6) is -10.1. The first kappa shape index (κ1) is 51.7. The summed E-state index contributed by atoms with van der Waals surface area (Å²) in [4.78, 5) is 136. The molecule has 7 aromatic carbocycles. The van der Waals surface area contributed by atoms with Crippen molar-refractivity contribution in [1.29, 1.82) is 0 Å². The predicted molar refractivity (Wildman–Crippen MR) is 255 cm³/mol. The molecule has 0 amide bonds. The van der Waals surface area contributed by atoms with Crippen LogP contribution >= 0.6 is 0 Å². The Kier molecular flexibility index (Phi) is 14.5. The van der Waals surface area contributed by atoms with Crippen molar-refractivity contribution in [1.82, 2.24) is 0 Å². The number of nitrogens with zero attached hydrogens (tertiary/aromatic N) is 5. The molecule has 0 N–H and O–H groups in total. The third kappa shape index (κ3) is 11.5. The number of nitro benzene ring substituents is 5. The predicted octanol–water partition coefficient (Wildman–Crippen LogP) is 8.65. The van der Waals surface area contributed by atoms with Gasteiger partial charge in [0.1, 0.15) is 22.8 Å². The standard InChI is InChI=1S/C50H27N5O22/c56-43-42-40(24-37(72-46(57)26-1-12-32(13-2-26)51(62)63)25-41(42)76-49(60)29-7-18-35(19-8-29)54(68)69)73-44(45(43)77-50(61)30-9-20-36(21-10-30)55(70)71)31-11-22-38(74-47(58)27-3-14-33(15-4-27)52(64)65)39(23-31)75-48(59)28-5-16-34(17-6-28)53(66)67/h1-25,44-45H. The van der Waals surface area contributed by atoms with Crippen molar-refractivity contribution in [2.75, 3.05) is 0 Å². The highest BCUT2D eigenvalue weighted by Gasteiger charge is 2.45. The van der Waals surface area contributed by atoms with Crippen LogP contribution in [0.25, 0.3) is 0 Å². The molecule has 77 heavy (non-hydrogen) atoms. The van der Waals surface area contributed by atoms with Crippen LogP contribution in [0.15, 0.2) is 152 Å². The van der Waals surface area contributed by atoms with E-state index >= 15 is 4.79 Å². The van der Waals surface area contributed by atoms with E-state index in [-0.39, 0.29) is 44.8 Å². The van der Waals surface area contributed by atoms with Gasteiger partial charge in [0.25, 0.3) is 28.4 Å². The molecule has 1 aliphatic heterocycles. The van der Waals surface area contributed by atoms with Crippen LogP contribution in [0.3, 0.4) is 0 Å². The van der Waals surface area contributed by atoms with E-state index in [1.54, 1.807) is 0 Å². The van der Waals surface area contributed by atoms with Gasteiger partial charge in [-0.05, 0) is 72.8 Å². The molecule has 2 unspecified atom stereocenters. The summed E-state index contributed by atoms with van der Waals surface area (Å²) in [6.45, 7) is 0. The molecule has 0 aliphatic carbocycles. The van der Waals surface area contributed by atoms with Gasteiger partial charge in [-0.2, -0.15) is 0 Å². The Hall–Kier alpha value is -11.6. The van der Waals surface area contributed by atoms with Crippen molar-refractivity contribution in [3.05, 3.63) is 241 Å². The second-order valence-corrected chi connectivity index (χ2v) is 15.8. The number of hydrogen-bond donors (Lipinski definition) is 0. The molecule has 0 aromatic heterocycles. The lowest BCUT2D eigenvalue weighted by Crippen LogP contribution is -2.40. The molecule has 27 heteroatoms. The van der Waals surface area contributed by atoms with Crippen LogP contribution in [0.4, 0.5) is 28.4 Å². The summed E-state index contributed by atoms with van der Waals surface area (Å²) in [5, 5.41) is 56.6. The summed E-state index contributed by atoms with van der Waals surface area (Å²) < 4.78 is 34.5. The SMILES string of the molecule is O=C(Oc1cc(OC(=O)c2ccc([N+](=O)[O-])cc2)c2c(c1)OC(c1ccc(OC(=O)c3ccc([N+](=O)[O-])cc3)c(OC(=O)c3ccc([N+](=O)[O-])cc3)c1)C(OC(=O)c1ccc([N+](=O)[O-])cc1)C2=O)c1ccc([N+](=O)[O-])cc1. The van der Waals surface area contributed by atoms with E-state index in [0.717, 1.165) is 152 Å². The lowest BCUT2D eigenvalue weighted by molar-refractivity contribution is -0.385. The monoisotopic (exact) mass is 1050 g/mol. The first-order valence-electron chi connectivity index (χ1n) is 21.6. The molecular weight excluding hydrogens is 1020 g/mol. The molecule has 1 heterocycles. The molecule has 0 bridgehead atoms. The molecule has 7 aromatic rings. The zero-order valence-corrected chi connectivity index (χ0v) is 38.3. The number of Topliss-reactive ketones (excluding diaryl/α,β-unsaturated/α-hetero) is 1. The van der Waals surface area contributed by atoms with Crippen LogP contribution in [-0.4, -0.2) is 66.4 Å². The van der Waals surface area contributed by atoms with E-state index in [4.69, 9.17) is 28.4 Å². The van der Waals surface area contributed by atoms with E-state index in [0.29, 0.717) is 0 Å². The Bertz CT molecular complexity index is 3620. The zero-order chi connectivity index (χ0) is 55.2. The van der Waals surface area contributed by atoms with Crippen LogP contribution in [0.5, 0.6) is 28.7 Å². The summed E-state index contributed by atoms with van der Waals surface area (Å²) in [7, 11) is 0. The van der Waals surface area contributed by atoms with Crippen molar-refractivity contribution in [3.63, 3.8) is 0 Å². The van der Waals surface area contributed by atoms with Gasteiger partial charge in [-0.1, -0.05) is 6.07 Å². The number of hydrogen-bond acceptors (Lipinski definition) is 22. The molecule has 2 atom stereocenters. The number of ketones is 1. The van der Waals surface area contributed by atoms with Crippen LogP contribution in [0.1, 0.15) is 73.8 Å². The van der Waals surface area contributed by atoms with Crippen molar-refractivity contribution < 1.29 is 81.8 Å². The van der Waals surface area contributed by atoms with Gasteiger partial charge in [-0.25, -0.2) is 24.0 Å². The van der Waals surface area contributed by atoms with E-state index in [1.165, 1.54) is 0 Å². The Morgan fingerprint density at radius 3 is 1.10 bits per heavy atom. The first-order valence-corrected chi connectivity index (χ1v) is 21.6. The summed E-state index contributed by atoms with van der Waals surface area (Å²) >= 11 is 0. The highest BCUT2D eigenvalue weighted by molar-refractivity contribution is 6.08. The molecule has 0 radical (unpaired) electrons. The maximum Gasteiger partial charge on any atom is 0.343 e. The Balaban J connectivity index is 1.25. The zero-order valence-electron chi connectivity index (χ0n) is 38.3. The molecule has 0 fully saturated rings. The summed E-state index contributed by atoms with van der Waals surface area (Å²) in [6.07, 6.45) is -4.05. The number of non-ortho nitro benzene ring substituents is 5. The number of esters is 5. The van der Waals surface area contributed by atoms with Gasteiger partial charge in [-0.15, -0.1) is 0 Å². The fraction of sp³-hybridized carbons (Fsp3) is 0.0400. The lowest BCUT2D eigenvalue weighted by Gasteiger charge is -2.33. The minimum Gasteiger partial charge on any atom is -0.480 e. The van der Waals surface area contributed by atoms with E-state index in [9.17, 15) is 74.5 Å². The number of benzene rings is 7. The molecule has 0 spiro atoms. The fourth-order valence-corrected chi connectivity index (χ4v) is 7.17. The van der Waals surface area contributed by atoms with Gasteiger partial charge in [0.2, 0.25) is 11.9 Å². The maximum absolute atomic E-state index is 15.0. The van der Waals surface area contributed by atoms with Gasteiger partial charge < -0.3 is 28.4 Å². The molecule has 8 rings (SSSR count). The number of ether oxygens (including phenoxy) is 6. The van der Waals surface area contributed by atoms with E-state index < -0.39 is 124 Å². The fourth-order valence-electron chi connectivity index (χ4n) is 7.17. The molecule has 1 aliphatic rings. The van der Waals surface area contributed by atoms with Gasteiger partial charge in [0.15, 0.2) is 17.6 Å². The first-order chi connectivity index (χ1) is 36.7. The van der Waals surface area contributed by atoms with Crippen molar-refractivity contribution >= 4 is 64.1 Å². The smallest absolute Gasteiger partial charge is 0.343 e. The topological polar surface area (TPSA) is 373 Å². The van der Waals surface area contributed by atoms with Crippen LogP contribution in [-0.2, 0) is 4.74 Å². The number of fused-ring (bicyclic) bond motifs is 1. The third-order valence-corrected chi connectivity index (χ3v) is 11.0. The van der Waals surface area contributed by atoms with Crippen molar-refractivity contribution in [2.45, 2.75) is 12.2 Å². The Morgan fingerprint density at radius 1 is 0.390 bits per heavy atom. The van der Waals surface area contributed by atoms with Gasteiger partial charge >= 0.3 is 29.8 Å². The van der Waals surface area contributed by atoms with E-state index in [1.807, 2.05) is 0 Å². The van der Waals surface area contributed by atoms with Gasteiger partial charge in [0, 0.05) is 78.4 Å². The highest BCUT2D eigenvalue weighted by Crippen LogP contribution is 2.46. The third-order valence-electron chi connectivity index (χ3n) is 11.0. The van der Waals surface area contributed by atoms with E-state index in [2.05, 4.69) is 0 Å².